The van der Waals surface area contributed by atoms with Crippen molar-refractivity contribution in [1.29, 1.82) is 0 Å². The number of carboxylic acids is 1. The van der Waals surface area contributed by atoms with Crippen LogP contribution in [-0.2, 0) is 24.0 Å². The Morgan fingerprint density at radius 3 is 2.29 bits per heavy atom. The molecular formula is C13H21N5O6. The summed E-state index contributed by atoms with van der Waals surface area (Å²) < 4.78 is 0. The number of nitrogens with one attached hydrogen (secondary N) is 3. The predicted octanol–water partition coefficient (Wildman–Crippen LogP) is -3.63. The van der Waals surface area contributed by atoms with Crippen LogP contribution < -0.4 is 21.7 Å². The minimum absolute atomic E-state index is 0.233. The molecule has 0 aliphatic carbocycles. The summed E-state index contributed by atoms with van der Waals surface area (Å²) >= 11 is 0. The molecule has 0 aromatic heterocycles. The van der Waals surface area contributed by atoms with Crippen molar-refractivity contribution in [2.45, 2.75) is 18.9 Å². The van der Waals surface area contributed by atoms with E-state index in [1.54, 1.807) is 0 Å². The summed E-state index contributed by atoms with van der Waals surface area (Å²) in [5.41, 5.74) is 5.12. The molecular weight excluding hydrogens is 322 g/mol. The molecule has 1 saturated heterocycles. The van der Waals surface area contributed by atoms with E-state index in [0.29, 0.717) is 19.4 Å². The number of carbonyl (C=O) groups is 5. The van der Waals surface area contributed by atoms with Crippen LogP contribution in [0.25, 0.3) is 0 Å². The van der Waals surface area contributed by atoms with Gasteiger partial charge in [-0.3, -0.25) is 24.0 Å². The number of nitrogens with zero attached hydrogens (tertiary/aromatic N) is 1. The molecule has 6 N–H and O–H groups in total. The third kappa shape index (κ3) is 6.20. The molecule has 134 valence electrons. The number of rotatable bonds is 8. The molecule has 4 amide bonds. The number of aliphatic carboxylic acids is 1. The number of likely N-dealkylation sites (tertiary alicyclic amines) is 1. The third-order valence-corrected chi connectivity index (χ3v) is 3.36. The first-order chi connectivity index (χ1) is 11.3. The summed E-state index contributed by atoms with van der Waals surface area (Å²) in [6.45, 7) is -1.03. The molecule has 1 fully saturated rings. The highest BCUT2D eigenvalue weighted by atomic mass is 16.4. The van der Waals surface area contributed by atoms with E-state index < -0.39 is 42.2 Å². The average molecular weight is 343 g/mol. The van der Waals surface area contributed by atoms with Gasteiger partial charge in [0.2, 0.25) is 23.6 Å². The molecule has 0 saturated carbocycles. The molecule has 24 heavy (non-hydrogen) atoms. The Labute approximate surface area is 137 Å². The summed E-state index contributed by atoms with van der Waals surface area (Å²) in [6.07, 6.45) is 1.07. The highest BCUT2D eigenvalue weighted by Crippen LogP contribution is 2.17. The van der Waals surface area contributed by atoms with Crippen LogP contribution in [0.1, 0.15) is 12.8 Å². The van der Waals surface area contributed by atoms with Gasteiger partial charge in [0.25, 0.3) is 0 Å². The van der Waals surface area contributed by atoms with Crippen LogP contribution in [0.3, 0.4) is 0 Å². The zero-order valence-corrected chi connectivity index (χ0v) is 13.0. The van der Waals surface area contributed by atoms with Crippen LogP contribution in [-0.4, -0.2) is 78.4 Å². The first-order valence-electron chi connectivity index (χ1n) is 7.37. The lowest BCUT2D eigenvalue weighted by molar-refractivity contribution is -0.139. The summed E-state index contributed by atoms with van der Waals surface area (Å²) in [5.74, 6) is -3.22. The third-order valence-electron chi connectivity index (χ3n) is 3.36. The van der Waals surface area contributed by atoms with Crippen molar-refractivity contribution in [2.75, 3.05) is 32.7 Å². The van der Waals surface area contributed by atoms with Gasteiger partial charge in [0.05, 0.1) is 19.6 Å². The molecule has 0 spiro atoms. The number of hydrogen-bond acceptors (Lipinski definition) is 6. The number of carboxylic acid groups (broad SMARTS) is 1. The van der Waals surface area contributed by atoms with Crippen LogP contribution >= 0.6 is 0 Å². The highest BCUT2D eigenvalue weighted by Gasteiger charge is 2.33. The number of amides is 4. The maximum Gasteiger partial charge on any atom is 0.322 e. The van der Waals surface area contributed by atoms with Crippen molar-refractivity contribution < 1.29 is 29.1 Å². The van der Waals surface area contributed by atoms with Crippen LogP contribution in [0.4, 0.5) is 0 Å². The summed E-state index contributed by atoms with van der Waals surface area (Å²) in [7, 11) is 0. The summed E-state index contributed by atoms with van der Waals surface area (Å²) in [6, 6.07) is -0.723. The first kappa shape index (κ1) is 19.4. The van der Waals surface area contributed by atoms with Crippen molar-refractivity contribution in [3.8, 4) is 0 Å². The molecule has 1 atom stereocenters. The van der Waals surface area contributed by atoms with Gasteiger partial charge in [-0.05, 0) is 12.8 Å². The van der Waals surface area contributed by atoms with Crippen molar-refractivity contribution in [2.24, 2.45) is 5.73 Å². The second kappa shape index (κ2) is 9.45. The number of hydrogen-bond donors (Lipinski definition) is 5. The lowest BCUT2D eigenvalue weighted by Gasteiger charge is -2.24. The Kier molecular flexibility index (Phi) is 7.62. The Balaban J connectivity index is 2.44. The second-order valence-corrected chi connectivity index (χ2v) is 5.11. The molecule has 11 nitrogen and oxygen atoms in total. The maximum absolute atomic E-state index is 12.1. The predicted molar refractivity (Wildman–Crippen MR) is 80.5 cm³/mol. The van der Waals surface area contributed by atoms with Crippen molar-refractivity contribution in [3.05, 3.63) is 0 Å². The molecule has 0 bridgehead atoms. The zero-order valence-electron chi connectivity index (χ0n) is 13.0. The van der Waals surface area contributed by atoms with Gasteiger partial charge in [0.15, 0.2) is 0 Å². The van der Waals surface area contributed by atoms with E-state index in [1.807, 2.05) is 0 Å². The fraction of sp³-hybridized carbons (Fsp3) is 0.615. The lowest BCUT2D eigenvalue weighted by Crippen LogP contribution is -2.50. The van der Waals surface area contributed by atoms with E-state index in [4.69, 9.17) is 10.8 Å². The monoisotopic (exact) mass is 343 g/mol. The van der Waals surface area contributed by atoms with Gasteiger partial charge >= 0.3 is 5.97 Å². The molecule has 0 unspecified atom stereocenters. The van der Waals surface area contributed by atoms with Gasteiger partial charge < -0.3 is 31.7 Å². The minimum atomic E-state index is -1.19. The maximum atomic E-state index is 12.1. The largest absolute Gasteiger partial charge is 0.480 e. The average Bonchev–Trinajstić information content (AvgIpc) is 3.04. The van der Waals surface area contributed by atoms with Crippen LogP contribution in [0.5, 0.6) is 0 Å². The molecule has 1 aliphatic rings. The van der Waals surface area contributed by atoms with Gasteiger partial charge in [-0.2, -0.15) is 0 Å². The number of carbonyl (C=O) groups excluding carboxylic acids is 4. The van der Waals surface area contributed by atoms with Gasteiger partial charge in [-0.25, -0.2) is 0 Å². The van der Waals surface area contributed by atoms with Gasteiger partial charge in [-0.15, -0.1) is 0 Å². The molecule has 1 aliphatic heterocycles. The normalized spacial score (nSPS) is 16.4. The van der Waals surface area contributed by atoms with E-state index in [9.17, 15) is 24.0 Å². The van der Waals surface area contributed by atoms with E-state index in [-0.39, 0.29) is 19.6 Å². The second-order valence-electron chi connectivity index (χ2n) is 5.11. The molecule has 0 radical (unpaired) electrons. The van der Waals surface area contributed by atoms with E-state index >= 15 is 0 Å². The fourth-order valence-corrected chi connectivity index (χ4v) is 2.21. The SMILES string of the molecule is NCC(=O)NCC(=O)N1CCC[C@H]1C(=O)NCC(=O)NCC(=O)O. The lowest BCUT2D eigenvalue weighted by atomic mass is 10.2. The Morgan fingerprint density at radius 1 is 1.00 bits per heavy atom. The van der Waals surface area contributed by atoms with E-state index in [2.05, 4.69) is 16.0 Å². The summed E-state index contributed by atoms with van der Waals surface area (Å²) in [5, 5.41) is 15.2. The molecule has 11 heteroatoms. The Bertz CT molecular complexity index is 523. The van der Waals surface area contributed by atoms with E-state index in [1.165, 1.54) is 4.90 Å². The van der Waals surface area contributed by atoms with Crippen molar-refractivity contribution in [1.82, 2.24) is 20.9 Å². The summed E-state index contributed by atoms with van der Waals surface area (Å²) in [4.78, 5) is 58.2. The molecule has 0 aromatic rings. The molecule has 1 heterocycles. The van der Waals surface area contributed by atoms with Gasteiger partial charge in [0, 0.05) is 6.54 Å². The van der Waals surface area contributed by atoms with Crippen LogP contribution in [0.15, 0.2) is 0 Å². The minimum Gasteiger partial charge on any atom is -0.480 e. The van der Waals surface area contributed by atoms with Crippen molar-refractivity contribution >= 4 is 29.6 Å². The quantitative estimate of drug-likeness (QED) is 0.302. The van der Waals surface area contributed by atoms with Crippen LogP contribution in [0, 0.1) is 0 Å². The molecule has 0 aromatic carbocycles. The molecule has 1 rings (SSSR count). The number of nitrogens with two attached hydrogens (primary N) is 1. The van der Waals surface area contributed by atoms with E-state index in [0.717, 1.165) is 0 Å². The zero-order chi connectivity index (χ0) is 18.1. The fourth-order valence-electron chi connectivity index (χ4n) is 2.21. The topological polar surface area (TPSA) is 171 Å². The van der Waals surface area contributed by atoms with Gasteiger partial charge in [0.1, 0.15) is 12.6 Å². The van der Waals surface area contributed by atoms with Gasteiger partial charge in [-0.1, -0.05) is 0 Å². The highest BCUT2D eigenvalue weighted by molar-refractivity contribution is 5.92. The smallest absolute Gasteiger partial charge is 0.322 e. The first-order valence-corrected chi connectivity index (χ1v) is 7.37. The Hall–Kier alpha value is -2.69. The van der Waals surface area contributed by atoms with Crippen LogP contribution in [0.2, 0.25) is 0 Å². The van der Waals surface area contributed by atoms with Crippen molar-refractivity contribution in [3.63, 3.8) is 0 Å². The standard InChI is InChI=1S/C13H21N5O6/c14-4-9(19)15-6-11(21)18-3-1-2-8(18)13(24)17-5-10(20)16-7-12(22)23/h8H,1-7,14H2,(H,15,19)(H,16,20)(H,17,24)(H,22,23)/t8-/m0/s1. The Morgan fingerprint density at radius 2 is 1.67 bits per heavy atom.